The van der Waals surface area contributed by atoms with Crippen LogP contribution in [0.2, 0.25) is 0 Å². The van der Waals surface area contributed by atoms with Gasteiger partial charge in [0.25, 0.3) is 5.69 Å². The first-order valence-corrected chi connectivity index (χ1v) is 8.89. The standard InChI is InChI=1S/C16H19N3O4S/c1-18(2)15-7-3-5-13(9-15)11-17-24(22,23)12-14-6-4-8-16(10-14)19(20)21/h3-10,17H,11-12H2,1-2H3. The molecule has 0 saturated carbocycles. The monoisotopic (exact) mass is 349 g/mol. The average molecular weight is 349 g/mol. The third kappa shape index (κ3) is 5.04. The summed E-state index contributed by atoms with van der Waals surface area (Å²) in [5, 5.41) is 10.8. The molecule has 2 rings (SSSR count). The van der Waals surface area contributed by atoms with Gasteiger partial charge in [-0.05, 0) is 23.3 Å². The van der Waals surface area contributed by atoms with Crippen molar-refractivity contribution in [2.24, 2.45) is 0 Å². The summed E-state index contributed by atoms with van der Waals surface area (Å²) >= 11 is 0. The van der Waals surface area contributed by atoms with Crippen LogP contribution in [0.1, 0.15) is 11.1 Å². The van der Waals surface area contributed by atoms with E-state index in [4.69, 9.17) is 0 Å². The van der Waals surface area contributed by atoms with Gasteiger partial charge in [-0.2, -0.15) is 0 Å². The van der Waals surface area contributed by atoms with Gasteiger partial charge in [0.2, 0.25) is 10.0 Å². The summed E-state index contributed by atoms with van der Waals surface area (Å²) in [4.78, 5) is 12.1. The second-order valence-electron chi connectivity index (χ2n) is 5.57. The summed E-state index contributed by atoms with van der Waals surface area (Å²) in [7, 11) is 0.222. The van der Waals surface area contributed by atoms with Crippen LogP contribution >= 0.6 is 0 Å². The van der Waals surface area contributed by atoms with Gasteiger partial charge in [-0.3, -0.25) is 10.1 Å². The van der Waals surface area contributed by atoms with E-state index < -0.39 is 14.9 Å². The molecule has 0 fully saturated rings. The molecule has 0 unspecified atom stereocenters. The number of anilines is 1. The van der Waals surface area contributed by atoms with Gasteiger partial charge >= 0.3 is 0 Å². The van der Waals surface area contributed by atoms with Crippen molar-refractivity contribution in [3.8, 4) is 0 Å². The summed E-state index contributed by atoms with van der Waals surface area (Å²) in [6.45, 7) is 0.166. The Morgan fingerprint density at radius 2 is 1.75 bits per heavy atom. The molecule has 128 valence electrons. The van der Waals surface area contributed by atoms with E-state index in [0.717, 1.165) is 11.3 Å². The zero-order valence-corrected chi connectivity index (χ0v) is 14.3. The molecule has 0 atom stereocenters. The van der Waals surface area contributed by atoms with Crippen molar-refractivity contribution in [2.45, 2.75) is 12.3 Å². The first-order chi connectivity index (χ1) is 11.3. The third-order valence-electron chi connectivity index (χ3n) is 3.40. The van der Waals surface area contributed by atoms with E-state index in [0.29, 0.717) is 5.56 Å². The number of benzene rings is 2. The molecular formula is C16H19N3O4S. The summed E-state index contributed by atoms with van der Waals surface area (Å²) in [5.41, 5.74) is 2.06. The number of nitro benzene ring substituents is 1. The van der Waals surface area contributed by atoms with Crippen LogP contribution in [-0.4, -0.2) is 27.4 Å². The van der Waals surface area contributed by atoms with Crippen LogP contribution in [0, 0.1) is 10.1 Å². The fourth-order valence-corrected chi connectivity index (χ4v) is 3.28. The molecule has 0 heterocycles. The Morgan fingerprint density at radius 3 is 2.42 bits per heavy atom. The minimum absolute atomic E-state index is 0.124. The minimum Gasteiger partial charge on any atom is -0.378 e. The van der Waals surface area contributed by atoms with Crippen molar-refractivity contribution in [1.29, 1.82) is 0 Å². The van der Waals surface area contributed by atoms with Crippen LogP contribution in [-0.2, 0) is 22.3 Å². The Balaban J connectivity index is 2.05. The zero-order chi connectivity index (χ0) is 17.7. The number of hydrogen-bond acceptors (Lipinski definition) is 5. The van der Waals surface area contributed by atoms with Crippen molar-refractivity contribution in [1.82, 2.24) is 4.72 Å². The molecule has 0 radical (unpaired) electrons. The van der Waals surface area contributed by atoms with Crippen molar-refractivity contribution in [3.63, 3.8) is 0 Å². The van der Waals surface area contributed by atoms with Crippen molar-refractivity contribution in [2.75, 3.05) is 19.0 Å². The molecule has 7 nitrogen and oxygen atoms in total. The molecule has 0 saturated heterocycles. The molecule has 2 aromatic rings. The smallest absolute Gasteiger partial charge is 0.269 e. The number of nitrogens with zero attached hydrogens (tertiary/aromatic N) is 2. The van der Waals surface area contributed by atoms with E-state index in [-0.39, 0.29) is 18.0 Å². The normalized spacial score (nSPS) is 11.2. The van der Waals surface area contributed by atoms with Gasteiger partial charge in [0, 0.05) is 38.5 Å². The van der Waals surface area contributed by atoms with E-state index in [1.807, 2.05) is 43.3 Å². The van der Waals surface area contributed by atoms with Gasteiger partial charge in [0.1, 0.15) is 0 Å². The van der Waals surface area contributed by atoms with Crippen LogP contribution in [0.4, 0.5) is 11.4 Å². The highest BCUT2D eigenvalue weighted by molar-refractivity contribution is 7.88. The lowest BCUT2D eigenvalue weighted by Gasteiger charge is -2.14. The van der Waals surface area contributed by atoms with Gasteiger partial charge in [-0.1, -0.05) is 24.3 Å². The van der Waals surface area contributed by atoms with Gasteiger partial charge in [0.15, 0.2) is 0 Å². The van der Waals surface area contributed by atoms with Gasteiger partial charge in [-0.25, -0.2) is 13.1 Å². The predicted octanol–water partition coefficient (Wildman–Crippen LogP) is 2.28. The lowest BCUT2D eigenvalue weighted by atomic mass is 10.2. The van der Waals surface area contributed by atoms with Gasteiger partial charge in [-0.15, -0.1) is 0 Å². The number of rotatable bonds is 7. The van der Waals surface area contributed by atoms with Crippen molar-refractivity contribution >= 4 is 21.4 Å². The Bertz CT molecular complexity index is 835. The van der Waals surface area contributed by atoms with E-state index >= 15 is 0 Å². The number of nitrogens with one attached hydrogen (secondary N) is 1. The molecule has 24 heavy (non-hydrogen) atoms. The third-order valence-corrected chi connectivity index (χ3v) is 4.70. The quantitative estimate of drug-likeness (QED) is 0.611. The van der Waals surface area contributed by atoms with E-state index in [2.05, 4.69) is 4.72 Å². The van der Waals surface area contributed by atoms with E-state index in [1.54, 1.807) is 6.07 Å². The summed E-state index contributed by atoms with van der Waals surface area (Å²) < 4.78 is 26.9. The van der Waals surface area contributed by atoms with Crippen LogP contribution in [0.5, 0.6) is 0 Å². The summed E-state index contributed by atoms with van der Waals surface area (Å²) in [6, 6.07) is 13.2. The molecule has 0 aliphatic rings. The first-order valence-electron chi connectivity index (χ1n) is 7.24. The van der Waals surface area contributed by atoms with Crippen LogP contribution < -0.4 is 9.62 Å². The first kappa shape index (κ1) is 17.9. The molecule has 0 aliphatic carbocycles. The molecule has 0 aliphatic heterocycles. The lowest BCUT2D eigenvalue weighted by molar-refractivity contribution is -0.384. The van der Waals surface area contributed by atoms with Crippen LogP contribution in [0.3, 0.4) is 0 Å². The fraction of sp³-hybridized carbons (Fsp3) is 0.250. The maximum Gasteiger partial charge on any atom is 0.269 e. The topological polar surface area (TPSA) is 92.6 Å². The number of sulfonamides is 1. The molecule has 1 N–H and O–H groups in total. The molecule has 0 aromatic heterocycles. The summed E-state index contributed by atoms with van der Waals surface area (Å²) in [5.74, 6) is -0.304. The number of non-ortho nitro benzene ring substituents is 1. The average Bonchev–Trinajstić information content (AvgIpc) is 2.53. The summed E-state index contributed by atoms with van der Waals surface area (Å²) in [6.07, 6.45) is 0. The number of nitro groups is 1. The SMILES string of the molecule is CN(C)c1cccc(CNS(=O)(=O)Cc2cccc([N+](=O)[O-])c2)c1. The zero-order valence-electron chi connectivity index (χ0n) is 13.5. The second kappa shape index (κ2) is 7.41. The maximum atomic E-state index is 12.2. The van der Waals surface area contributed by atoms with Gasteiger partial charge < -0.3 is 4.90 Å². The predicted molar refractivity (Wildman–Crippen MR) is 93.3 cm³/mol. The Labute approximate surface area is 141 Å². The molecular weight excluding hydrogens is 330 g/mol. The van der Waals surface area contributed by atoms with Crippen molar-refractivity contribution in [3.05, 3.63) is 69.8 Å². The highest BCUT2D eigenvalue weighted by atomic mass is 32.2. The molecule has 8 heteroatoms. The van der Waals surface area contributed by atoms with Crippen molar-refractivity contribution < 1.29 is 13.3 Å². The van der Waals surface area contributed by atoms with E-state index in [9.17, 15) is 18.5 Å². The molecule has 0 bridgehead atoms. The molecule has 0 amide bonds. The number of hydrogen-bond donors (Lipinski definition) is 1. The largest absolute Gasteiger partial charge is 0.378 e. The van der Waals surface area contributed by atoms with Crippen LogP contribution in [0.15, 0.2) is 48.5 Å². The Hall–Kier alpha value is -2.45. The Kier molecular flexibility index (Phi) is 5.53. The highest BCUT2D eigenvalue weighted by Crippen LogP contribution is 2.16. The Morgan fingerprint density at radius 1 is 1.08 bits per heavy atom. The van der Waals surface area contributed by atoms with Gasteiger partial charge in [0.05, 0.1) is 10.7 Å². The molecule has 0 spiro atoms. The lowest BCUT2D eigenvalue weighted by Crippen LogP contribution is -2.24. The fourth-order valence-electron chi connectivity index (χ4n) is 2.17. The van der Waals surface area contributed by atoms with Crippen LogP contribution in [0.25, 0.3) is 0 Å². The molecule has 2 aromatic carbocycles. The maximum absolute atomic E-state index is 12.2. The highest BCUT2D eigenvalue weighted by Gasteiger charge is 2.14. The minimum atomic E-state index is -3.59. The van der Waals surface area contributed by atoms with E-state index in [1.165, 1.54) is 18.2 Å². The second-order valence-corrected chi connectivity index (χ2v) is 7.38.